The van der Waals surface area contributed by atoms with Crippen LogP contribution in [0.15, 0.2) is 30.3 Å². The molecule has 1 aromatic heterocycles. The Balaban J connectivity index is 2.16. The van der Waals surface area contributed by atoms with Crippen molar-refractivity contribution >= 4 is 34.3 Å². The third-order valence-corrected chi connectivity index (χ3v) is 4.49. The summed E-state index contributed by atoms with van der Waals surface area (Å²) in [6, 6.07) is 9.75. The summed E-state index contributed by atoms with van der Waals surface area (Å²) in [5.74, 6) is 0.612. The summed E-state index contributed by atoms with van der Waals surface area (Å²) < 4.78 is 0. The van der Waals surface area contributed by atoms with Crippen LogP contribution in [0.4, 0.5) is 5.82 Å². The average Bonchev–Trinajstić information content (AvgIpc) is 2.53. The molecule has 0 aliphatic heterocycles. The quantitative estimate of drug-likeness (QED) is 0.861. The molecular formula is C16H21N3OS. The van der Waals surface area contributed by atoms with Gasteiger partial charge in [-0.2, -0.15) is 11.8 Å². The molecule has 0 saturated carbocycles. The number of carbonyl (C=O) groups excluding carboxylic acids is 1. The van der Waals surface area contributed by atoms with E-state index >= 15 is 0 Å². The zero-order valence-corrected chi connectivity index (χ0v) is 13.5. The third-order valence-electron chi connectivity index (χ3n) is 3.45. The lowest BCUT2D eigenvalue weighted by molar-refractivity contribution is 0.0948. The second-order valence-electron chi connectivity index (χ2n) is 4.92. The molecule has 1 unspecified atom stereocenters. The number of benzene rings is 1. The fourth-order valence-electron chi connectivity index (χ4n) is 2.10. The van der Waals surface area contributed by atoms with E-state index in [-0.39, 0.29) is 5.91 Å². The van der Waals surface area contributed by atoms with Gasteiger partial charge in [0.15, 0.2) is 0 Å². The number of carbonyl (C=O) groups is 1. The fraction of sp³-hybridized carbons (Fsp3) is 0.375. The second-order valence-corrected chi connectivity index (χ2v) is 6.19. The van der Waals surface area contributed by atoms with Gasteiger partial charge in [0, 0.05) is 24.2 Å². The van der Waals surface area contributed by atoms with Crippen molar-refractivity contribution in [3.05, 3.63) is 36.0 Å². The second kappa shape index (κ2) is 7.31. The molecule has 21 heavy (non-hydrogen) atoms. The number of anilines is 1. The van der Waals surface area contributed by atoms with Crippen molar-refractivity contribution in [3.63, 3.8) is 0 Å². The highest BCUT2D eigenvalue weighted by Crippen LogP contribution is 2.22. The van der Waals surface area contributed by atoms with E-state index in [0.717, 1.165) is 23.0 Å². The lowest BCUT2D eigenvalue weighted by Crippen LogP contribution is -2.27. The number of rotatable bonds is 6. The molecule has 0 radical (unpaired) electrons. The van der Waals surface area contributed by atoms with Crippen LogP contribution < -0.4 is 10.6 Å². The van der Waals surface area contributed by atoms with Gasteiger partial charge in [-0.1, -0.05) is 31.2 Å². The molecule has 5 heteroatoms. The van der Waals surface area contributed by atoms with E-state index in [1.54, 1.807) is 11.8 Å². The summed E-state index contributed by atoms with van der Waals surface area (Å²) in [5.41, 5.74) is 0.454. The summed E-state index contributed by atoms with van der Waals surface area (Å²) in [6.07, 6.45) is 3.04. The van der Waals surface area contributed by atoms with Crippen LogP contribution in [0.3, 0.4) is 0 Å². The van der Waals surface area contributed by atoms with Gasteiger partial charge in [-0.15, -0.1) is 0 Å². The fourth-order valence-corrected chi connectivity index (χ4v) is 2.46. The van der Waals surface area contributed by atoms with E-state index in [9.17, 15) is 4.79 Å². The molecule has 1 amide bonds. The first kappa shape index (κ1) is 15.6. The predicted octanol–water partition coefficient (Wildman–Crippen LogP) is 3.15. The van der Waals surface area contributed by atoms with Crippen LogP contribution in [0.25, 0.3) is 10.8 Å². The van der Waals surface area contributed by atoms with Crippen LogP contribution in [0.1, 0.15) is 23.8 Å². The van der Waals surface area contributed by atoms with Gasteiger partial charge in [0.25, 0.3) is 5.91 Å². The molecule has 1 heterocycles. The zero-order valence-electron chi connectivity index (χ0n) is 12.6. The number of nitrogens with zero attached hydrogens (tertiary/aromatic N) is 1. The highest BCUT2D eigenvalue weighted by atomic mass is 32.2. The number of nitrogens with one attached hydrogen (secondary N) is 2. The molecule has 0 aliphatic carbocycles. The number of pyridine rings is 1. The normalized spacial score (nSPS) is 12.1. The van der Waals surface area contributed by atoms with E-state index < -0.39 is 0 Å². The molecule has 2 aromatic rings. The minimum absolute atomic E-state index is 0.120. The summed E-state index contributed by atoms with van der Waals surface area (Å²) >= 11 is 1.80. The maximum atomic E-state index is 12.2. The Bertz CT molecular complexity index is 630. The minimum atomic E-state index is -0.120. The summed E-state index contributed by atoms with van der Waals surface area (Å²) in [6.45, 7) is 2.83. The predicted molar refractivity (Wildman–Crippen MR) is 91.2 cm³/mol. The SMILES string of the molecule is CNc1nc(C(=O)NCCC(C)SC)cc2ccccc12. The Labute approximate surface area is 129 Å². The smallest absolute Gasteiger partial charge is 0.269 e. The standard InChI is InChI=1S/C16H21N3OS/c1-11(21-3)8-9-18-16(20)14-10-12-6-4-5-7-13(12)15(17-2)19-14/h4-7,10-11H,8-9H2,1-3H3,(H,17,19)(H,18,20). The van der Waals surface area contributed by atoms with E-state index in [2.05, 4.69) is 28.8 Å². The van der Waals surface area contributed by atoms with Gasteiger partial charge >= 0.3 is 0 Å². The van der Waals surface area contributed by atoms with Gasteiger partial charge in [-0.3, -0.25) is 4.79 Å². The maximum absolute atomic E-state index is 12.2. The van der Waals surface area contributed by atoms with Crippen molar-refractivity contribution < 1.29 is 4.79 Å². The lowest BCUT2D eigenvalue weighted by atomic mass is 10.1. The molecule has 1 aromatic carbocycles. The number of fused-ring (bicyclic) bond motifs is 1. The van der Waals surface area contributed by atoms with Gasteiger partial charge in [-0.25, -0.2) is 4.98 Å². The van der Waals surface area contributed by atoms with Gasteiger partial charge in [0.2, 0.25) is 0 Å². The number of hydrogen-bond acceptors (Lipinski definition) is 4. The highest BCUT2D eigenvalue weighted by Gasteiger charge is 2.11. The van der Waals surface area contributed by atoms with Crippen molar-refractivity contribution in [1.29, 1.82) is 0 Å². The van der Waals surface area contributed by atoms with E-state index in [1.165, 1.54) is 0 Å². The van der Waals surface area contributed by atoms with Crippen molar-refractivity contribution in [3.8, 4) is 0 Å². The summed E-state index contributed by atoms with van der Waals surface area (Å²) in [4.78, 5) is 16.6. The largest absolute Gasteiger partial charge is 0.373 e. The van der Waals surface area contributed by atoms with Crippen LogP contribution in [0.2, 0.25) is 0 Å². The van der Waals surface area contributed by atoms with Crippen molar-refractivity contribution in [2.24, 2.45) is 0 Å². The maximum Gasteiger partial charge on any atom is 0.269 e. The number of aromatic nitrogens is 1. The van der Waals surface area contributed by atoms with Crippen LogP contribution in [-0.4, -0.2) is 36.0 Å². The molecule has 0 saturated heterocycles. The van der Waals surface area contributed by atoms with Gasteiger partial charge in [0.05, 0.1) is 0 Å². The summed E-state index contributed by atoms with van der Waals surface area (Å²) in [7, 11) is 1.82. The molecular weight excluding hydrogens is 282 g/mol. The minimum Gasteiger partial charge on any atom is -0.373 e. The zero-order chi connectivity index (χ0) is 15.2. The third kappa shape index (κ3) is 3.88. The topological polar surface area (TPSA) is 54.0 Å². The van der Waals surface area contributed by atoms with Crippen LogP contribution >= 0.6 is 11.8 Å². The van der Waals surface area contributed by atoms with Gasteiger partial charge in [0.1, 0.15) is 11.5 Å². The first-order valence-corrected chi connectivity index (χ1v) is 8.33. The van der Waals surface area contributed by atoms with E-state index in [1.807, 2.05) is 37.4 Å². The number of thioether (sulfide) groups is 1. The van der Waals surface area contributed by atoms with Crippen LogP contribution in [0, 0.1) is 0 Å². The molecule has 0 fully saturated rings. The molecule has 1 atom stereocenters. The summed E-state index contributed by atoms with van der Waals surface area (Å²) in [5, 5.41) is 8.57. The lowest BCUT2D eigenvalue weighted by Gasteiger charge is -2.11. The molecule has 112 valence electrons. The molecule has 0 spiro atoms. The average molecular weight is 303 g/mol. The van der Waals surface area contributed by atoms with Crippen molar-refractivity contribution in [1.82, 2.24) is 10.3 Å². The highest BCUT2D eigenvalue weighted by molar-refractivity contribution is 7.99. The Morgan fingerprint density at radius 3 is 2.86 bits per heavy atom. The first-order chi connectivity index (χ1) is 10.2. The van der Waals surface area contributed by atoms with E-state index in [0.29, 0.717) is 17.5 Å². The monoisotopic (exact) mass is 303 g/mol. The van der Waals surface area contributed by atoms with Crippen molar-refractivity contribution in [2.45, 2.75) is 18.6 Å². The molecule has 0 bridgehead atoms. The molecule has 0 aliphatic rings. The van der Waals surface area contributed by atoms with E-state index in [4.69, 9.17) is 0 Å². The van der Waals surface area contributed by atoms with Crippen LogP contribution in [-0.2, 0) is 0 Å². The van der Waals surface area contributed by atoms with Crippen LogP contribution in [0.5, 0.6) is 0 Å². The first-order valence-electron chi connectivity index (χ1n) is 7.04. The Hall–Kier alpha value is -1.75. The van der Waals surface area contributed by atoms with Gasteiger partial charge in [-0.05, 0) is 24.1 Å². The number of amides is 1. The van der Waals surface area contributed by atoms with Gasteiger partial charge < -0.3 is 10.6 Å². The molecule has 2 N–H and O–H groups in total. The number of hydrogen-bond donors (Lipinski definition) is 2. The molecule has 2 rings (SSSR count). The van der Waals surface area contributed by atoms with Crippen molar-refractivity contribution in [2.75, 3.05) is 25.2 Å². The Kier molecular flexibility index (Phi) is 5.44. The Morgan fingerprint density at radius 1 is 1.38 bits per heavy atom. The molecule has 4 nitrogen and oxygen atoms in total. The Morgan fingerprint density at radius 2 is 2.14 bits per heavy atom.